The van der Waals surface area contributed by atoms with Gasteiger partial charge in [0.05, 0.1) is 19.8 Å². The molecular formula is C56H102O15. The van der Waals surface area contributed by atoms with Gasteiger partial charge in [-0.3, -0.25) is 9.59 Å². The Hall–Kier alpha value is -2.02. The third kappa shape index (κ3) is 30.8. The van der Waals surface area contributed by atoms with E-state index in [-0.39, 0.29) is 26.1 Å². The van der Waals surface area contributed by atoms with Gasteiger partial charge in [-0.1, -0.05) is 173 Å². The SMILES string of the molecule is CCCCCCCC/C=C\CCCCCCCCCC(=O)OCC(COC1OC(COC2OC(CO)C(O)C(O)C2O)C(O)C(O)C1O)OC(=O)CCCCCCCCC/C=C\CCCCCCCCC. The number of aliphatic hydroxyl groups excluding tert-OH is 7. The van der Waals surface area contributed by atoms with Crippen LogP contribution in [0.5, 0.6) is 0 Å². The molecule has 0 aromatic carbocycles. The van der Waals surface area contributed by atoms with E-state index in [1.165, 1.54) is 128 Å². The number of ether oxygens (including phenoxy) is 6. The largest absolute Gasteiger partial charge is 0.462 e. The molecule has 0 aromatic heterocycles. The molecule has 11 atom stereocenters. The Bertz CT molecular complexity index is 1330. The van der Waals surface area contributed by atoms with E-state index >= 15 is 0 Å². The van der Waals surface area contributed by atoms with Crippen LogP contribution in [0.25, 0.3) is 0 Å². The maximum atomic E-state index is 13.0. The lowest BCUT2D eigenvalue weighted by Gasteiger charge is -2.42. The Balaban J connectivity index is 1.77. The molecule has 71 heavy (non-hydrogen) atoms. The summed E-state index contributed by atoms with van der Waals surface area (Å²) in [7, 11) is 0. The molecule has 0 amide bonds. The predicted octanol–water partition coefficient (Wildman–Crippen LogP) is 9.11. The minimum Gasteiger partial charge on any atom is -0.462 e. The van der Waals surface area contributed by atoms with Crippen LogP contribution in [0.1, 0.15) is 226 Å². The average Bonchev–Trinajstić information content (AvgIpc) is 3.36. The van der Waals surface area contributed by atoms with Crippen molar-refractivity contribution in [1.29, 1.82) is 0 Å². The van der Waals surface area contributed by atoms with Crippen LogP contribution in [0.2, 0.25) is 0 Å². The molecule has 15 heteroatoms. The lowest BCUT2D eigenvalue weighted by Crippen LogP contribution is -2.61. The molecule has 2 aliphatic rings. The maximum absolute atomic E-state index is 13.0. The number of rotatable bonds is 45. The molecule has 2 fully saturated rings. The minimum absolute atomic E-state index is 0.161. The second-order valence-corrected chi connectivity index (χ2v) is 20.1. The third-order valence-electron chi connectivity index (χ3n) is 13.7. The number of carbonyl (C=O) groups excluding carboxylic acids is 2. The van der Waals surface area contributed by atoms with Crippen LogP contribution in [-0.2, 0) is 38.0 Å². The van der Waals surface area contributed by atoms with Crippen LogP contribution in [0, 0.1) is 0 Å². The molecule has 2 heterocycles. The van der Waals surface area contributed by atoms with E-state index in [1.54, 1.807) is 0 Å². The van der Waals surface area contributed by atoms with E-state index in [0.29, 0.717) is 12.8 Å². The highest BCUT2D eigenvalue weighted by Crippen LogP contribution is 2.27. The van der Waals surface area contributed by atoms with Crippen molar-refractivity contribution in [2.45, 2.75) is 293 Å². The summed E-state index contributed by atoms with van der Waals surface area (Å²) in [6, 6.07) is 0. The van der Waals surface area contributed by atoms with Crippen LogP contribution >= 0.6 is 0 Å². The summed E-state index contributed by atoms with van der Waals surface area (Å²) in [4.78, 5) is 25.9. The first kappa shape index (κ1) is 65.1. The highest BCUT2D eigenvalue weighted by atomic mass is 16.7. The Morgan fingerprint density at radius 1 is 0.437 bits per heavy atom. The molecule has 0 bridgehead atoms. The molecule has 0 radical (unpaired) electrons. The van der Waals surface area contributed by atoms with Crippen LogP contribution in [0.3, 0.4) is 0 Å². The van der Waals surface area contributed by atoms with Gasteiger partial charge in [0.25, 0.3) is 0 Å². The van der Waals surface area contributed by atoms with E-state index in [1.807, 2.05) is 0 Å². The Labute approximate surface area is 428 Å². The fraction of sp³-hybridized carbons (Fsp3) is 0.893. The zero-order valence-electron chi connectivity index (χ0n) is 44.2. The van der Waals surface area contributed by atoms with Gasteiger partial charge >= 0.3 is 11.9 Å². The molecule has 0 saturated carbocycles. The van der Waals surface area contributed by atoms with Crippen molar-refractivity contribution in [2.75, 3.05) is 26.4 Å². The van der Waals surface area contributed by atoms with E-state index in [4.69, 9.17) is 28.4 Å². The van der Waals surface area contributed by atoms with Gasteiger partial charge in [0.1, 0.15) is 55.4 Å². The van der Waals surface area contributed by atoms with E-state index in [9.17, 15) is 45.3 Å². The molecule has 15 nitrogen and oxygen atoms in total. The monoisotopic (exact) mass is 1010 g/mol. The number of aliphatic hydroxyl groups is 7. The number of allylic oxidation sites excluding steroid dienone is 4. The van der Waals surface area contributed by atoms with Gasteiger partial charge in [0.2, 0.25) is 0 Å². The van der Waals surface area contributed by atoms with Gasteiger partial charge in [-0.05, 0) is 64.2 Å². The van der Waals surface area contributed by atoms with Crippen LogP contribution < -0.4 is 0 Å². The zero-order valence-corrected chi connectivity index (χ0v) is 44.2. The summed E-state index contributed by atoms with van der Waals surface area (Å²) in [5.41, 5.74) is 0. The fourth-order valence-electron chi connectivity index (χ4n) is 8.97. The fourth-order valence-corrected chi connectivity index (χ4v) is 8.97. The summed E-state index contributed by atoms with van der Waals surface area (Å²) < 4.78 is 33.7. The molecule has 2 aliphatic heterocycles. The molecule has 0 aliphatic carbocycles. The first-order valence-corrected chi connectivity index (χ1v) is 28.4. The highest BCUT2D eigenvalue weighted by Gasteiger charge is 2.47. The van der Waals surface area contributed by atoms with Crippen molar-refractivity contribution in [1.82, 2.24) is 0 Å². The highest BCUT2D eigenvalue weighted by molar-refractivity contribution is 5.70. The topological polar surface area (TPSA) is 231 Å². The van der Waals surface area contributed by atoms with E-state index < -0.39 is 92.7 Å². The third-order valence-corrected chi connectivity index (χ3v) is 13.7. The number of unbranched alkanes of at least 4 members (excludes halogenated alkanes) is 27. The summed E-state index contributed by atoms with van der Waals surface area (Å²) >= 11 is 0. The summed E-state index contributed by atoms with van der Waals surface area (Å²) in [5.74, 6) is -0.926. The van der Waals surface area contributed by atoms with Gasteiger partial charge < -0.3 is 64.2 Å². The Kier molecular flexibility index (Phi) is 39.6. The van der Waals surface area contributed by atoms with Crippen LogP contribution in [-0.4, -0.2) is 142 Å². The molecule has 416 valence electrons. The van der Waals surface area contributed by atoms with Crippen molar-refractivity contribution in [3.05, 3.63) is 24.3 Å². The van der Waals surface area contributed by atoms with Gasteiger partial charge in [-0.2, -0.15) is 0 Å². The molecule has 7 N–H and O–H groups in total. The summed E-state index contributed by atoms with van der Waals surface area (Å²) in [6.45, 7) is 2.61. The molecule has 0 aromatic rings. The second kappa shape index (κ2) is 43.2. The van der Waals surface area contributed by atoms with Crippen molar-refractivity contribution >= 4 is 11.9 Å². The van der Waals surface area contributed by atoms with Crippen molar-refractivity contribution < 1.29 is 73.8 Å². The number of esters is 2. The molecular weight excluding hydrogens is 913 g/mol. The Morgan fingerprint density at radius 2 is 0.803 bits per heavy atom. The van der Waals surface area contributed by atoms with Crippen LogP contribution in [0.15, 0.2) is 24.3 Å². The van der Waals surface area contributed by atoms with Crippen molar-refractivity contribution in [2.24, 2.45) is 0 Å². The molecule has 2 saturated heterocycles. The lowest BCUT2D eigenvalue weighted by molar-refractivity contribution is -0.332. The molecule has 11 unspecified atom stereocenters. The Morgan fingerprint density at radius 3 is 1.24 bits per heavy atom. The van der Waals surface area contributed by atoms with Gasteiger partial charge in [0, 0.05) is 12.8 Å². The average molecular weight is 1020 g/mol. The maximum Gasteiger partial charge on any atom is 0.306 e. The molecule has 2 rings (SSSR count). The summed E-state index contributed by atoms with van der Waals surface area (Å²) in [6.07, 6.45) is 29.1. The van der Waals surface area contributed by atoms with Crippen molar-refractivity contribution in [3.63, 3.8) is 0 Å². The number of hydrogen-bond acceptors (Lipinski definition) is 15. The molecule has 0 spiro atoms. The standard InChI is InChI=1S/C56H102O15/c1-3-5-7-9-11-13-15-17-19-21-23-25-27-29-31-33-35-37-39-48(59)69-44(41-66-47(58)38-36-34-32-30-28-26-24-22-20-18-16-14-12-10-8-6-4-2)42-67-55-54(65)52(63)50(61)46(71-55)43-68-56-53(64)51(62)49(60)45(40-57)70-56/h18-21,44-46,49-57,60-65H,3-17,22-43H2,1-2H3/b20-18-,21-19-. The first-order valence-electron chi connectivity index (χ1n) is 28.4. The zero-order chi connectivity index (χ0) is 51.7. The van der Waals surface area contributed by atoms with Gasteiger partial charge in [-0.25, -0.2) is 0 Å². The van der Waals surface area contributed by atoms with Gasteiger partial charge in [0.15, 0.2) is 18.7 Å². The number of carbonyl (C=O) groups is 2. The number of hydrogen-bond donors (Lipinski definition) is 7. The van der Waals surface area contributed by atoms with E-state index in [0.717, 1.165) is 57.8 Å². The van der Waals surface area contributed by atoms with Crippen molar-refractivity contribution in [3.8, 4) is 0 Å². The normalized spacial score (nSPS) is 25.3. The quantitative estimate of drug-likeness (QED) is 0.0171. The predicted molar refractivity (Wildman–Crippen MR) is 275 cm³/mol. The lowest BCUT2D eigenvalue weighted by atomic mass is 9.98. The van der Waals surface area contributed by atoms with Crippen LogP contribution in [0.4, 0.5) is 0 Å². The first-order chi connectivity index (χ1) is 34.5. The van der Waals surface area contributed by atoms with E-state index in [2.05, 4.69) is 38.2 Å². The minimum atomic E-state index is -1.76. The summed E-state index contributed by atoms with van der Waals surface area (Å²) in [5, 5.41) is 72.2. The second-order valence-electron chi connectivity index (χ2n) is 20.1. The van der Waals surface area contributed by atoms with Gasteiger partial charge in [-0.15, -0.1) is 0 Å². The smallest absolute Gasteiger partial charge is 0.306 e.